The number of nitriles is 1. The van der Waals surface area contributed by atoms with Crippen LogP contribution in [0.25, 0.3) is 10.9 Å². The van der Waals surface area contributed by atoms with Gasteiger partial charge in [-0.15, -0.1) is 0 Å². The van der Waals surface area contributed by atoms with Crippen molar-refractivity contribution in [3.63, 3.8) is 0 Å². The Labute approximate surface area is 142 Å². The summed E-state index contributed by atoms with van der Waals surface area (Å²) in [7, 11) is -4.19. The lowest BCUT2D eigenvalue weighted by atomic mass is 10.1. The van der Waals surface area contributed by atoms with Crippen LogP contribution in [0.15, 0.2) is 47.5 Å². The number of nitro benzene ring substituents is 1. The number of nitrogens with one attached hydrogen (secondary N) is 2. The van der Waals surface area contributed by atoms with E-state index in [4.69, 9.17) is 5.26 Å². The molecule has 0 spiro atoms. The van der Waals surface area contributed by atoms with Crippen molar-refractivity contribution in [2.75, 3.05) is 4.72 Å². The van der Waals surface area contributed by atoms with E-state index in [9.17, 15) is 18.5 Å². The summed E-state index contributed by atoms with van der Waals surface area (Å²) in [6.45, 7) is 1.80. The zero-order valence-corrected chi connectivity index (χ0v) is 13.8. The third-order valence-corrected chi connectivity index (χ3v) is 5.17. The Bertz CT molecular complexity index is 1140. The monoisotopic (exact) mass is 356 g/mol. The first kappa shape index (κ1) is 16.5. The lowest BCUT2D eigenvalue weighted by Gasteiger charge is -2.10. The fourth-order valence-electron chi connectivity index (χ4n) is 2.63. The molecule has 3 rings (SSSR count). The largest absolute Gasteiger partial charge is 0.358 e. The number of anilines is 1. The predicted octanol–water partition coefficient (Wildman–Crippen LogP) is 3.06. The van der Waals surface area contributed by atoms with Crippen LogP contribution in [0.3, 0.4) is 0 Å². The minimum atomic E-state index is -4.19. The van der Waals surface area contributed by atoms with Crippen molar-refractivity contribution in [1.82, 2.24) is 4.98 Å². The molecule has 0 radical (unpaired) electrons. The van der Waals surface area contributed by atoms with Gasteiger partial charge in [-0.2, -0.15) is 5.26 Å². The van der Waals surface area contributed by atoms with E-state index < -0.39 is 25.5 Å². The predicted molar refractivity (Wildman–Crippen MR) is 91.7 cm³/mol. The van der Waals surface area contributed by atoms with Gasteiger partial charge in [0.15, 0.2) is 4.90 Å². The Morgan fingerprint density at radius 3 is 2.64 bits per heavy atom. The number of hydrogen-bond acceptors (Lipinski definition) is 5. The van der Waals surface area contributed by atoms with E-state index in [2.05, 4.69) is 9.71 Å². The fourth-order valence-corrected chi connectivity index (χ4v) is 3.87. The molecule has 8 nitrogen and oxygen atoms in total. The van der Waals surface area contributed by atoms with Crippen molar-refractivity contribution in [2.45, 2.75) is 11.8 Å². The van der Waals surface area contributed by atoms with Gasteiger partial charge < -0.3 is 4.98 Å². The number of para-hydroxylation sites is 1. The van der Waals surface area contributed by atoms with E-state index in [0.29, 0.717) is 16.5 Å². The number of fused-ring (bicyclic) bond motifs is 1. The van der Waals surface area contributed by atoms with Gasteiger partial charge >= 0.3 is 0 Å². The lowest BCUT2D eigenvalue weighted by Crippen LogP contribution is -2.15. The van der Waals surface area contributed by atoms with Crippen LogP contribution in [-0.2, 0) is 10.0 Å². The second-order valence-corrected chi connectivity index (χ2v) is 6.98. The van der Waals surface area contributed by atoms with E-state index in [1.54, 1.807) is 19.1 Å². The van der Waals surface area contributed by atoms with Crippen molar-refractivity contribution in [1.29, 1.82) is 5.26 Å². The van der Waals surface area contributed by atoms with Crippen LogP contribution in [0.1, 0.15) is 11.1 Å². The SMILES string of the molecule is Cc1ccc(NS(=O)(=O)c2ccccc2[N+](=O)[O-])c2[nH]cc(C#N)c12. The molecule has 1 heterocycles. The molecule has 9 heteroatoms. The highest BCUT2D eigenvalue weighted by Gasteiger charge is 2.26. The average molecular weight is 356 g/mol. The summed E-state index contributed by atoms with van der Waals surface area (Å²) in [6.07, 6.45) is 1.49. The van der Waals surface area contributed by atoms with Gasteiger partial charge in [-0.05, 0) is 24.6 Å². The standard InChI is InChI=1S/C16H12N4O4S/c1-10-6-7-12(16-15(10)11(8-17)9-18-16)19-25(23,24)14-5-3-2-4-13(14)20(21)22/h2-7,9,18-19H,1H3. The summed E-state index contributed by atoms with van der Waals surface area (Å²) in [4.78, 5) is 12.8. The van der Waals surface area contributed by atoms with Crippen LogP contribution in [0.5, 0.6) is 0 Å². The van der Waals surface area contributed by atoms with E-state index in [1.165, 1.54) is 24.4 Å². The number of aromatic nitrogens is 1. The van der Waals surface area contributed by atoms with Gasteiger partial charge in [0.05, 0.1) is 21.7 Å². The Kier molecular flexibility index (Phi) is 3.90. The van der Waals surface area contributed by atoms with E-state index in [-0.39, 0.29) is 5.69 Å². The van der Waals surface area contributed by atoms with Crippen LogP contribution in [-0.4, -0.2) is 18.3 Å². The van der Waals surface area contributed by atoms with Crippen molar-refractivity contribution in [3.05, 3.63) is 63.8 Å². The summed E-state index contributed by atoms with van der Waals surface area (Å²) >= 11 is 0. The molecular weight excluding hydrogens is 344 g/mol. The number of sulfonamides is 1. The summed E-state index contributed by atoms with van der Waals surface area (Å²) in [5, 5.41) is 20.9. The maximum Gasteiger partial charge on any atom is 0.289 e. The molecule has 0 aliphatic carbocycles. The summed E-state index contributed by atoms with van der Waals surface area (Å²) in [6, 6.07) is 10.4. The molecule has 0 amide bonds. The molecule has 0 aliphatic heterocycles. The van der Waals surface area contributed by atoms with Crippen LogP contribution in [0.2, 0.25) is 0 Å². The van der Waals surface area contributed by atoms with Crippen molar-refractivity contribution in [2.24, 2.45) is 0 Å². The van der Waals surface area contributed by atoms with Crippen molar-refractivity contribution >= 4 is 32.3 Å². The van der Waals surface area contributed by atoms with Crippen LogP contribution >= 0.6 is 0 Å². The first-order valence-corrected chi connectivity index (χ1v) is 8.60. The lowest BCUT2D eigenvalue weighted by molar-refractivity contribution is -0.387. The second kappa shape index (κ2) is 5.92. The molecule has 0 aliphatic rings. The highest BCUT2D eigenvalue weighted by atomic mass is 32.2. The molecule has 2 aromatic carbocycles. The fraction of sp³-hybridized carbons (Fsp3) is 0.0625. The normalized spacial score (nSPS) is 11.2. The van der Waals surface area contributed by atoms with Gasteiger partial charge in [-0.1, -0.05) is 18.2 Å². The average Bonchev–Trinajstić information content (AvgIpc) is 3.02. The van der Waals surface area contributed by atoms with E-state index in [0.717, 1.165) is 11.6 Å². The second-order valence-electron chi connectivity index (χ2n) is 5.32. The summed E-state index contributed by atoms with van der Waals surface area (Å²) < 4.78 is 27.6. The van der Waals surface area contributed by atoms with E-state index >= 15 is 0 Å². The number of H-pyrrole nitrogens is 1. The molecule has 1 aromatic heterocycles. The van der Waals surface area contributed by atoms with Gasteiger partial charge in [0.1, 0.15) is 6.07 Å². The van der Waals surface area contributed by atoms with Gasteiger partial charge in [-0.3, -0.25) is 14.8 Å². The smallest absolute Gasteiger partial charge is 0.289 e. The maximum absolute atomic E-state index is 12.6. The van der Waals surface area contributed by atoms with Gasteiger partial charge in [0, 0.05) is 17.6 Å². The Morgan fingerprint density at radius 1 is 1.24 bits per heavy atom. The molecule has 0 fully saturated rings. The minimum absolute atomic E-state index is 0.209. The number of aromatic amines is 1. The molecule has 0 unspecified atom stereocenters. The molecule has 0 saturated heterocycles. The molecule has 126 valence electrons. The Hall–Kier alpha value is -3.38. The third-order valence-electron chi connectivity index (χ3n) is 3.76. The highest BCUT2D eigenvalue weighted by Crippen LogP contribution is 2.31. The van der Waals surface area contributed by atoms with Crippen LogP contribution in [0.4, 0.5) is 11.4 Å². The third kappa shape index (κ3) is 2.79. The van der Waals surface area contributed by atoms with Crippen LogP contribution < -0.4 is 4.72 Å². The first-order chi connectivity index (χ1) is 11.8. The maximum atomic E-state index is 12.6. The van der Waals surface area contributed by atoms with Gasteiger partial charge in [0.2, 0.25) is 0 Å². The molecule has 0 atom stereocenters. The van der Waals surface area contributed by atoms with E-state index in [1.807, 2.05) is 6.07 Å². The summed E-state index contributed by atoms with van der Waals surface area (Å²) in [5.41, 5.74) is 1.34. The first-order valence-electron chi connectivity index (χ1n) is 7.12. The number of rotatable bonds is 4. The number of nitro groups is 1. The molecular formula is C16H12N4O4S. The molecule has 0 bridgehead atoms. The molecule has 25 heavy (non-hydrogen) atoms. The van der Waals surface area contributed by atoms with Crippen LogP contribution in [0, 0.1) is 28.4 Å². The Morgan fingerprint density at radius 2 is 1.96 bits per heavy atom. The summed E-state index contributed by atoms with van der Waals surface area (Å²) in [5.74, 6) is 0. The molecule has 0 saturated carbocycles. The van der Waals surface area contributed by atoms with Crippen molar-refractivity contribution in [3.8, 4) is 6.07 Å². The number of benzene rings is 2. The zero-order chi connectivity index (χ0) is 18.2. The quantitative estimate of drug-likeness (QED) is 0.548. The number of aryl methyl sites for hydroxylation is 1. The molecule has 3 aromatic rings. The van der Waals surface area contributed by atoms with Gasteiger partial charge in [0.25, 0.3) is 15.7 Å². The highest BCUT2D eigenvalue weighted by molar-refractivity contribution is 7.92. The number of nitrogens with zero attached hydrogens (tertiary/aromatic N) is 2. The molecule has 2 N–H and O–H groups in total. The Balaban J connectivity index is 2.14. The topological polar surface area (TPSA) is 129 Å². The number of hydrogen-bond donors (Lipinski definition) is 2. The minimum Gasteiger partial charge on any atom is -0.358 e. The van der Waals surface area contributed by atoms with Crippen molar-refractivity contribution < 1.29 is 13.3 Å². The van der Waals surface area contributed by atoms with Gasteiger partial charge in [-0.25, -0.2) is 8.42 Å². The zero-order valence-electron chi connectivity index (χ0n) is 13.0.